The van der Waals surface area contributed by atoms with Gasteiger partial charge >= 0.3 is 0 Å². The van der Waals surface area contributed by atoms with Crippen LogP contribution in [0.1, 0.15) is 27.2 Å². The summed E-state index contributed by atoms with van der Waals surface area (Å²) in [7, 11) is 2.04. The summed E-state index contributed by atoms with van der Waals surface area (Å²) in [4.78, 5) is 2.50. The van der Waals surface area contributed by atoms with Crippen LogP contribution in [0.25, 0.3) is 0 Å². The topological polar surface area (TPSA) is 24.5 Å². The largest absolute Gasteiger partial charge is 0.373 e. The molecule has 1 unspecified atom stereocenters. The lowest BCUT2D eigenvalue weighted by Crippen LogP contribution is -2.49. The second-order valence-corrected chi connectivity index (χ2v) is 4.37. The fourth-order valence-electron chi connectivity index (χ4n) is 2.17. The molecule has 0 aromatic carbocycles. The zero-order valence-corrected chi connectivity index (χ0v) is 9.92. The van der Waals surface area contributed by atoms with Crippen molar-refractivity contribution in [2.24, 2.45) is 0 Å². The number of nitrogens with one attached hydrogen (secondary N) is 1. The molecule has 1 N–H and O–H groups in total. The Kier molecular flexibility index (Phi) is 4.85. The summed E-state index contributed by atoms with van der Waals surface area (Å²) < 4.78 is 5.70. The predicted molar refractivity (Wildman–Crippen MR) is 59.6 cm³/mol. The number of hydrogen-bond donors (Lipinski definition) is 1. The summed E-state index contributed by atoms with van der Waals surface area (Å²) in [6.07, 6.45) is 1.96. The Labute approximate surface area is 87.8 Å². The average Bonchev–Trinajstić information content (AvgIpc) is 2.12. The number of nitrogens with zero attached hydrogens (tertiary/aromatic N) is 1. The molecular formula is C11H24N2O. The molecule has 84 valence electrons. The highest BCUT2D eigenvalue weighted by Crippen LogP contribution is 2.11. The zero-order valence-electron chi connectivity index (χ0n) is 9.92. The van der Waals surface area contributed by atoms with Gasteiger partial charge in [-0.05, 0) is 27.3 Å². The molecular weight excluding hydrogens is 176 g/mol. The Morgan fingerprint density at radius 3 is 2.36 bits per heavy atom. The van der Waals surface area contributed by atoms with Gasteiger partial charge in [0.1, 0.15) is 0 Å². The van der Waals surface area contributed by atoms with Crippen LogP contribution in [0.5, 0.6) is 0 Å². The number of rotatable bonds is 4. The number of morpholine rings is 1. The fraction of sp³-hybridized carbons (Fsp3) is 1.00. The van der Waals surface area contributed by atoms with E-state index in [2.05, 4.69) is 31.0 Å². The van der Waals surface area contributed by atoms with Gasteiger partial charge in [0.15, 0.2) is 0 Å². The lowest BCUT2D eigenvalue weighted by molar-refractivity contribution is -0.0697. The van der Waals surface area contributed by atoms with Crippen molar-refractivity contribution in [2.45, 2.75) is 45.4 Å². The van der Waals surface area contributed by atoms with Crippen molar-refractivity contribution in [2.75, 3.05) is 26.7 Å². The van der Waals surface area contributed by atoms with Crippen LogP contribution in [0.3, 0.4) is 0 Å². The highest BCUT2D eigenvalue weighted by Gasteiger charge is 2.23. The molecule has 3 atom stereocenters. The average molecular weight is 200 g/mol. The van der Waals surface area contributed by atoms with Gasteiger partial charge < -0.3 is 10.1 Å². The van der Waals surface area contributed by atoms with E-state index in [1.165, 1.54) is 6.42 Å². The van der Waals surface area contributed by atoms with Crippen LogP contribution in [-0.2, 0) is 4.74 Å². The fourth-order valence-corrected chi connectivity index (χ4v) is 2.17. The van der Waals surface area contributed by atoms with Crippen molar-refractivity contribution in [1.82, 2.24) is 10.2 Å². The third-order valence-corrected chi connectivity index (χ3v) is 2.87. The highest BCUT2D eigenvalue weighted by atomic mass is 16.5. The summed E-state index contributed by atoms with van der Waals surface area (Å²) in [5, 5.41) is 3.35. The first-order valence-corrected chi connectivity index (χ1v) is 5.70. The monoisotopic (exact) mass is 200 g/mol. The van der Waals surface area contributed by atoms with Crippen molar-refractivity contribution < 1.29 is 4.74 Å². The Bertz CT molecular complexity index is 149. The van der Waals surface area contributed by atoms with Crippen LogP contribution in [0.4, 0.5) is 0 Å². The van der Waals surface area contributed by atoms with E-state index >= 15 is 0 Å². The van der Waals surface area contributed by atoms with Gasteiger partial charge in [0.25, 0.3) is 0 Å². The molecule has 0 aromatic rings. The first kappa shape index (κ1) is 12.0. The zero-order chi connectivity index (χ0) is 10.6. The van der Waals surface area contributed by atoms with E-state index in [0.29, 0.717) is 18.2 Å². The summed E-state index contributed by atoms with van der Waals surface area (Å²) in [5.41, 5.74) is 0. The molecule has 1 saturated heterocycles. The molecule has 0 saturated carbocycles. The quantitative estimate of drug-likeness (QED) is 0.735. The molecule has 1 fully saturated rings. The van der Waals surface area contributed by atoms with E-state index in [-0.39, 0.29) is 0 Å². The molecule has 0 radical (unpaired) electrons. The molecule has 1 rings (SSSR count). The predicted octanol–water partition coefficient (Wildman–Crippen LogP) is 1.09. The molecule has 3 nitrogen and oxygen atoms in total. The van der Waals surface area contributed by atoms with Crippen LogP contribution in [0.15, 0.2) is 0 Å². The summed E-state index contributed by atoms with van der Waals surface area (Å²) in [5.74, 6) is 0. The SMILES string of the molecule is CCC(CN1C[C@@H](C)O[C@@H](C)C1)NC. The van der Waals surface area contributed by atoms with Crippen molar-refractivity contribution in [1.29, 1.82) is 0 Å². The molecule has 1 aliphatic heterocycles. The molecule has 1 heterocycles. The van der Waals surface area contributed by atoms with Gasteiger partial charge in [-0.15, -0.1) is 0 Å². The summed E-state index contributed by atoms with van der Waals surface area (Å²) in [6.45, 7) is 9.83. The lowest BCUT2D eigenvalue weighted by atomic mass is 10.1. The third kappa shape index (κ3) is 3.56. The van der Waals surface area contributed by atoms with Gasteiger partial charge in [-0.25, -0.2) is 0 Å². The molecule has 0 aromatic heterocycles. The number of ether oxygens (including phenoxy) is 1. The van der Waals surface area contributed by atoms with Crippen LogP contribution in [0, 0.1) is 0 Å². The van der Waals surface area contributed by atoms with E-state index in [1.54, 1.807) is 0 Å². The van der Waals surface area contributed by atoms with Crippen molar-refractivity contribution >= 4 is 0 Å². The van der Waals surface area contributed by atoms with Crippen LogP contribution < -0.4 is 5.32 Å². The van der Waals surface area contributed by atoms with Crippen LogP contribution in [0.2, 0.25) is 0 Å². The van der Waals surface area contributed by atoms with Crippen molar-refractivity contribution in [3.05, 3.63) is 0 Å². The van der Waals surface area contributed by atoms with Gasteiger partial charge in [-0.3, -0.25) is 4.90 Å². The van der Waals surface area contributed by atoms with Gasteiger partial charge in [-0.1, -0.05) is 6.92 Å². The van der Waals surface area contributed by atoms with Gasteiger partial charge in [0, 0.05) is 25.7 Å². The van der Waals surface area contributed by atoms with Crippen LogP contribution in [-0.4, -0.2) is 49.8 Å². The minimum Gasteiger partial charge on any atom is -0.373 e. The van der Waals surface area contributed by atoms with E-state index in [9.17, 15) is 0 Å². The summed E-state index contributed by atoms with van der Waals surface area (Å²) in [6, 6.07) is 0.618. The Morgan fingerprint density at radius 2 is 1.93 bits per heavy atom. The van der Waals surface area contributed by atoms with Crippen LogP contribution >= 0.6 is 0 Å². The van der Waals surface area contributed by atoms with E-state index in [1.807, 2.05) is 7.05 Å². The maximum absolute atomic E-state index is 5.70. The van der Waals surface area contributed by atoms with E-state index in [0.717, 1.165) is 19.6 Å². The van der Waals surface area contributed by atoms with Gasteiger partial charge in [0.2, 0.25) is 0 Å². The Balaban J connectivity index is 2.35. The Hall–Kier alpha value is -0.120. The highest BCUT2D eigenvalue weighted by molar-refractivity contribution is 4.77. The molecule has 14 heavy (non-hydrogen) atoms. The van der Waals surface area contributed by atoms with E-state index < -0.39 is 0 Å². The molecule has 3 heteroatoms. The van der Waals surface area contributed by atoms with E-state index in [4.69, 9.17) is 4.74 Å². The minimum atomic E-state index is 0.383. The second kappa shape index (κ2) is 5.69. The summed E-state index contributed by atoms with van der Waals surface area (Å²) >= 11 is 0. The molecule has 0 aliphatic carbocycles. The Morgan fingerprint density at radius 1 is 1.36 bits per heavy atom. The van der Waals surface area contributed by atoms with Gasteiger partial charge in [0.05, 0.1) is 12.2 Å². The molecule has 0 amide bonds. The molecule has 0 spiro atoms. The smallest absolute Gasteiger partial charge is 0.0678 e. The number of hydrogen-bond acceptors (Lipinski definition) is 3. The first-order chi connectivity index (χ1) is 6.65. The third-order valence-electron chi connectivity index (χ3n) is 2.87. The normalized spacial score (nSPS) is 31.7. The molecule has 0 bridgehead atoms. The lowest BCUT2D eigenvalue weighted by Gasteiger charge is -2.37. The first-order valence-electron chi connectivity index (χ1n) is 5.70. The number of likely N-dealkylation sites (N-methyl/N-ethyl adjacent to an activating group) is 1. The standard InChI is InChI=1S/C11H24N2O/c1-5-11(12-4)8-13-6-9(2)14-10(3)7-13/h9-12H,5-8H2,1-4H3/t9-,10+,11?. The molecule has 1 aliphatic rings. The second-order valence-electron chi connectivity index (χ2n) is 4.37. The van der Waals surface area contributed by atoms with Crippen molar-refractivity contribution in [3.8, 4) is 0 Å². The minimum absolute atomic E-state index is 0.383. The maximum atomic E-state index is 5.70. The van der Waals surface area contributed by atoms with Gasteiger partial charge in [-0.2, -0.15) is 0 Å². The maximum Gasteiger partial charge on any atom is 0.0678 e. The van der Waals surface area contributed by atoms with Crippen molar-refractivity contribution in [3.63, 3.8) is 0 Å².